The van der Waals surface area contributed by atoms with Crippen LogP contribution in [-0.4, -0.2) is 16.9 Å². The molecule has 0 aliphatic heterocycles. The fourth-order valence-electron chi connectivity index (χ4n) is 1.24. The molecule has 0 aliphatic rings. The molecule has 1 aromatic carbocycles. The van der Waals surface area contributed by atoms with Crippen molar-refractivity contribution in [2.24, 2.45) is 0 Å². The molecule has 0 spiro atoms. The molecule has 0 unspecified atom stereocenters. The summed E-state index contributed by atoms with van der Waals surface area (Å²) in [5.41, 5.74) is 2.50. The average molecular weight is 207 g/mol. The second-order valence-corrected chi connectivity index (χ2v) is 3.24. The van der Waals surface area contributed by atoms with Gasteiger partial charge in [-0.2, -0.15) is 0 Å². The number of hydrogen-bond acceptors (Lipinski definition) is 3. The number of carbonyl (C=O) groups is 2. The Hall–Kier alpha value is -1.68. The topological polar surface area (TPSA) is 66.4 Å². The van der Waals surface area contributed by atoms with Crippen LogP contribution in [0.25, 0.3) is 0 Å². The molecule has 0 aromatic heterocycles. The highest BCUT2D eigenvalue weighted by molar-refractivity contribution is 5.97. The van der Waals surface area contributed by atoms with Crippen molar-refractivity contribution in [3.05, 3.63) is 35.9 Å². The molecule has 0 atom stereocenters. The lowest BCUT2D eigenvalue weighted by atomic mass is 10.1. The van der Waals surface area contributed by atoms with E-state index < -0.39 is 5.91 Å². The van der Waals surface area contributed by atoms with Gasteiger partial charge >= 0.3 is 0 Å². The van der Waals surface area contributed by atoms with E-state index in [-0.39, 0.29) is 12.2 Å². The molecule has 4 nitrogen and oxygen atoms in total. The van der Waals surface area contributed by atoms with Crippen molar-refractivity contribution in [2.75, 3.05) is 0 Å². The second-order valence-electron chi connectivity index (χ2n) is 3.24. The Kier molecular flexibility index (Phi) is 4.50. The summed E-state index contributed by atoms with van der Waals surface area (Å²) >= 11 is 0. The summed E-state index contributed by atoms with van der Waals surface area (Å²) in [5.74, 6) is -0.835. The van der Waals surface area contributed by atoms with E-state index in [4.69, 9.17) is 5.21 Å². The van der Waals surface area contributed by atoms with Crippen LogP contribution in [0, 0.1) is 0 Å². The van der Waals surface area contributed by atoms with E-state index >= 15 is 0 Å². The van der Waals surface area contributed by atoms with E-state index in [1.807, 2.05) is 30.3 Å². The Morgan fingerprint density at radius 2 is 1.87 bits per heavy atom. The number of rotatable bonds is 5. The van der Waals surface area contributed by atoms with Crippen LogP contribution in [0.5, 0.6) is 0 Å². The van der Waals surface area contributed by atoms with Gasteiger partial charge in [0.05, 0.1) is 6.42 Å². The molecule has 1 aromatic rings. The SMILES string of the molecule is O=C(CCc1ccccc1)CC(=O)NO. The van der Waals surface area contributed by atoms with E-state index in [0.29, 0.717) is 12.8 Å². The molecule has 0 aliphatic carbocycles. The van der Waals surface area contributed by atoms with Crippen LogP contribution in [0.4, 0.5) is 0 Å². The van der Waals surface area contributed by atoms with Crippen LogP contribution in [-0.2, 0) is 16.0 Å². The Morgan fingerprint density at radius 3 is 2.47 bits per heavy atom. The molecule has 4 heteroatoms. The smallest absolute Gasteiger partial charge is 0.250 e. The third-order valence-corrected chi connectivity index (χ3v) is 2.02. The van der Waals surface area contributed by atoms with Crippen LogP contribution < -0.4 is 5.48 Å². The van der Waals surface area contributed by atoms with Gasteiger partial charge in [0.1, 0.15) is 5.78 Å². The number of benzene rings is 1. The van der Waals surface area contributed by atoms with Crippen molar-refractivity contribution in [3.8, 4) is 0 Å². The summed E-state index contributed by atoms with van der Waals surface area (Å²) in [6, 6.07) is 9.57. The van der Waals surface area contributed by atoms with Gasteiger partial charge in [0.25, 0.3) is 5.91 Å². The average Bonchev–Trinajstić information content (AvgIpc) is 2.27. The Morgan fingerprint density at radius 1 is 1.20 bits per heavy atom. The molecule has 0 bridgehead atoms. The third kappa shape index (κ3) is 4.37. The predicted molar refractivity (Wildman–Crippen MR) is 54.3 cm³/mol. The first-order valence-electron chi connectivity index (χ1n) is 4.71. The van der Waals surface area contributed by atoms with E-state index in [1.54, 1.807) is 0 Å². The Bertz CT molecular complexity index is 335. The zero-order chi connectivity index (χ0) is 11.1. The molecule has 1 rings (SSSR count). The number of aryl methyl sites for hydroxylation is 1. The highest BCUT2D eigenvalue weighted by atomic mass is 16.5. The first kappa shape index (κ1) is 11.4. The summed E-state index contributed by atoms with van der Waals surface area (Å²) in [4.78, 5) is 21.9. The van der Waals surface area contributed by atoms with Crippen molar-refractivity contribution in [1.82, 2.24) is 5.48 Å². The zero-order valence-electron chi connectivity index (χ0n) is 8.27. The van der Waals surface area contributed by atoms with Crippen LogP contribution in [0.1, 0.15) is 18.4 Å². The zero-order valence-corrected chi connectivity index (χ0v) is 8.27. The van der Waals surface area contributed by atoms with Gasteiger partial charge in [-0.25, -0.2) is 5.48 Å². The van der Waals surface area contributed by atoms with Crippen molar-refractivity contribution in [3.63, 3.8) is 0 Å². The van der Waals surface area contributed by atoms with Crippen LogP contribution in [0.15, 0.2) is 30.3 Å². The number of hydrogen-bond donors (Lipinski definition) is 2. The van der Waals surface area contributed by atoms with Gasteiger partial charge < -0.3 is 0 Å². The number of carbonyl (C=O) groups excluding carboxylic acids is 2. The van der Waals surface area contributed by atoms with Gasteiger partial charge in [-0.1, -0.05) is 30.3 Å². The van der Waals surface area contributed by atoms with Gasteiger partial charge in [-0.15, -0.1) is 0 Å². The molecule has 0 radical (unpaired) electrons. The van der Waals surface area contributed by atoms with E-state index in [2.05, 4.69) is 0 Å². The summed E-state index contributed by atoms with van der Waals surface area (Å²) in [6.07, 6.45) is 0.680. The second kappa shape index (κ2) is 5.93. The van der Waals surface area contributed by atoms with E-state index in [9.17, 15) is 9.59 Å². The highest BCUT2D eigenvalue weighted by Gasteiger charge is 2.08. The highest BCUT2D eigenvalue weighted by Crippen LogP contribution is 2.03. The summed E-state index contributed by atoms with van der Waals surface area (Å²) in [6.45, 7) is 0. The minimum atomic E-state index is -0.659. The molecule has 0 heterocycles. The lowest BCUT2D eigenvalue weighted by molar-refractivity contribution is -0.133. The molecule has 80 valence electrons. The summed E-state index contributed by atoms with van der Waals surface area (Å²) < 4.78 is 0. The van der Waals surface area contributed by atoms with E-state index in [1.165, 1.54) is 5.48 Å². The Labute approximate surface area is 87.9 Å². The van der Waals surface area contributed by atoms with Crippen molar-refractivity contribution >= 4 is 11.7 Å². The Balaban J connectivity index is 2.32. The fourth-order valence-corrected chi connectivity index (χ4v) is 1.24. The van der Waals surface area contributed by atoms with Crippen LogP contribution >= 0.6 is 0 Å². The first-order chi connectivity index (χ1) is 7.22. The maximum atomic E-state index is 11.2. The van der Waals surface area contributed by atoms with Gasteiger partial charge in [-0.05, 0) is 12.0 Å². The molecule has 1 amide bonds. The third-order valence-electron chi connectivity index (χ3n) is 2.02. The molecule has 0 saturated carbocycles. The fraction of sp³-hybridized carbons (Fsp3) is 0.273. The largest absolute Gasteiger partial charge is 0.299 e. The normalized spacial score (nSPS) is 9.67. The minimum absolute atomic E-state index is 0.176. The monoisotopic (exact) mass is 207 g/mol. The molecule has 2 N–H and O–H groups in total. The van der Waals surface area contributed by atoms with Crippen molar-refractivity contribution in [2.45, 2.75) is 19.3 Å². The molecule has 15 heavy (non-hydrogen) atoms. The maximum Gasteiger partial charge on any atom is 0.250 e. The number of amides is 1. The minimum Gasteiger partial charge on any atom is -0.299 e. The molecule has 0 saturated heterocycles. The van der Waals surface area contributed by atoms with Gasteiger partial charge in [0.15, 0.2) is 0 Å². The maximum absolute atomic E-state index is 11.2. The molecular formula is C11H13NO3. The number of ketones is 1. The van der Waals surface area contributed by atoms with Gasteiger partial charge in [0, 0.05) is 6.42 Å². The van der Waals surface area contributed by atoms with Crippen molar-refractivity contribution in [1.29, 1.82) is 0 Å². The molecule has 0 fully saturated rings. The van der Waals surface area contributed by atoms with Crippen molar-refractivity contribution < 1.29 is 14.8 Å². The first-order valence-corrected chi connectivity index (χ1v) is 4.71. The standard InChI is InChI=1S/C11H13NO3/c13-10(8-11(14)12-15)7-6-9-4-2-1-3-5-9/h1-5,15H,6-8H2,(H,12,14). The quantitative estimate of drug-likeness (QED) is 0.431. The summed E-state index contributed by atoms with van der Waals surface area (Å²) in [7, 11) is 0. The number of hydroxylamine groups is 1. The lowest BCUT2D eigenvalue weighted by Gasteiger charge is -2.00. The predicted octanol–water partition coefficient (Wildman–Crippen LogP) is 1.08. The number of nitrogens with one attached hydrogen (secondary N) is 1. The van der Waals surface area contributed by atoms with Gasteiger partial charge in [0.2, 0.25) is 0 Å². The van der Waals surface area contributed by atoms with Gasteiger partial charge in [-0.3, -0.25) is 14.8 Å². The summed E-state index contributed by atoms with van der Waals surface area (Å²) in [5, 5.41) is 8.22. The number of Topliss-reactive ketones (excluding diaryl/α,β-unsaturated/α-hetero) is 1. The van der Waals surface area contributed by atoms with Crippen LogP contribution in [0.2, 0.25) is 0 Å². The molecular weight excluding hydrogens is 194 g/mol. The van der Waals surface area contributed by atoms with Crippen LogP contribution in [0.3, 0.4) is 0 Å². The lowest BCUT2D eigenvalue weighted by Crippen LogP contribution is -2.22. The van der Waals surface area contributed by atoms with E-state index in [0.717, 1.165) is 5.56 Å².